The van der Waals surface area contributed by atoms with E-state index in [9.17, 15) is 24.8 Å². The number of nitrogens with one attached hydrogen (secondary N) is 2. The fourth-order valence-electron chi connectivity index (χ4n) is 2.50. The minimum atomic E-state index is -0.975. The van der Waals surface area contributed by atoms with Crippen LogP contribution >= 0.6 is 0 Å². The number of benzene rings is 1. The number of para-hydroxylation sites is 1. The maximum absolute atomic E-state index is 12.0. The highest BCUT2D eigenvalue weighted by molar-refractivity contribution is 5.54. The molecule has 1 aromatic carbocycles. The van der Waals surface area contributed by atoms with Gasteiger partial charge in [0, 0.05) is 33.7 Å². The van der Waals surface area contributed by atoms with E-state index in [1.165, 1.54) is 14.1 Å². The summed E-state index contributed by atoms with van der Waals surface area (Å²) < 4.78 is 7.13. The lowest BCUT2D eigenvalue weighted by molar-refractivity contribution is -0.386. The molecule has 0 spiro atoms. The lowest BCUT2D eigenvalue weighted by Crippen LogP contribution is -2.40. The molecule has 1 atom stereocenters. The zero-order valence-electron chi connectivity index (χ0n) is 15.6. The van der Waals surface area contributed by atoms with E-state index in [1.54, 1.807) is 12.1 Å². The predicted octanol–water partition coefficient (Wildman–Crippen LogP) is -0.566. The van der Waals surface area contributed by atoms with Gasteiger partial charge >= 0.3 is 16.9 Å². The van der Waals surface area contributed by atoms with Crippen LogP contribution in [0.5, 0.6) is 5.75 Å². The SMILES string of the molecule is Cn1c(NCCNCC(O)COc2ccccc2)c([N+](=O)[O-])c(=O)n(C)c1=O. The molecule has 0 aliphatic rings. The Balaban J connectivity index is 1.84. The molecule has 1 unspecified atom stereocenters. The van der Waals surface area contributed by atoms with Crippen molar-refractivity contribution in [2.24, 2.45) is 14.1 Å². The Morgan fingerprint density at radius 3 is 2.50 bits per heavy atom. The Morgan fingerprint density at radius 1 is 1.18 bits per heavy atom. The third-order valence-electron chi connectivity index (χ3n) is 3.98. The molecule has 11 heteroatoms. The molecule has 0 fully saturated rings. The van der Waals surface area contributed by atoms with Crippen LogP contribution in [0.15, 0.2) is 39.9 Å². The van der Waals surface area contributed by atoms with Gasteiger partial charge in [0.15, 0.2) is 5.82 Å². The first kappa shape index (κ1) is 21.1. The van der Waals surface area contributed by atoms with Crippen molar-refractivity contribution in [3.8, 4) is 5.75 Å². The zero-order valence-corrected chi connectivity index (χ0v) is 15.6. The molecule has 1 aromatic heterocycles. The van der Waals surface area contributed by atoms with Gasteiger partial charge in [-0.25, -0.2) is 4.79 Å². The summed E-state index contributed by atoms with van der Waals surface area (Å²) in [6.07, 6.45) is -0.747. The second-order valence-electron chi connectivity index (χ2n) is 6.07. The molecule has 0 aliphatic heterocycles. The quantitative estimate of drug-likeness (QED) is 0.277. The summed E-state index contributed by atoms with van der Waals surface area (Å²) in [5.41, 5.74) is -2.34. The maximum atomic E-state index is 12.0. The molecule has 11 nitrogen and oxygen atoms in total. The standard InChI is InChI=1S/C17H23N5O6/c1-20-15(14(22(26)27)16(24)21(2)17(20)25)19-9-8-18-10-12(23)11-28-13-6-4-3-5-7-13/h3-7,12,18-19,23H,8-11H2,1-2H3. The molecule has 2 rings (SSSR count). The van der Waals surface area contributed by atoms with Crippen LogP contribution in [0.1, 0.15) is 0 Å². The van der Waals surface area contributed by atoms with Crippen molar-refractivity contribution in [1.82, 2.24) is 14.5 Å². The number of rotatable bonds is 10. The van der Waals surface area contributed by atoms with Gasteiger partial charge in [0.25, 0.3) is 0 Å². The number of aliphatic hydroxyl groups is 1. The van der Waals surface area contributed by atoms with Crippen LogP contribution in [0.3, 0.4) is 0 Å². The van der Waals surface area contributed by atoms with Crippen molar-refractivity contribution in [3.63, 3.8) is 0 Å². The van der Waals surface area contributed by atoms with E-state index >= 15 is 0 Å². The van der Waals surface area contributed by atoms with Crippen LogP contribution in [0.4, 0.5) is 11.5 Å². The molecule has 1 heterocycles. The van der Waals surface area contributed by atoms with Crippen LogP contribution in [0, 0.1) is 10.1 Å². The van der Waals surface area contributed by atoms with Gasteiger partial charge in [-0.3, -0.25) is 24.0 Å². The van der Waals surface area contributed by atoms with Crippen LogP contribution in [0.25, 0.3) is 0 Å². The minimum Gasteiger partial charge on any atom is -0.491 e. The van der Waals surface area contributed by atoms with Crippen molar-refractivity contribution < 1.29 is 14.8 Å². The van der Waals surface area contributed by atoms with Gasteiger partial charge in [0.05, 0.1) is 4.92 Å². The molecule has 3 N–H and O–H groups in total. The van der Waals surface area contributed by atoms with Crippen LogP contribution in [-0.4, -0.2) is 51.5 Å². The highest BCUT2D eigenvalue weighted by atomic mass is 16.6. The van der Waals surface area contributed by atoms with Crippen molar-refractivity contribution in [2.45, 2.75) is 6.10 Å². The second-order valence-corrected chi connectivity index (χ2v) is 6.07. The number of aromatic nitrogens is 2. The fraction of sp³-hybridized carbons (Fsp3) is 0.412. The maximum Gasteiger partial charge on any atom is 0.374 e. The number of aliphatic hydroxyl groups excluding tert-OH is 1. The molecule has 152 valence electrons. The smallest absolute Gasteiger partial charge is 0.374 e. The summed E-state index contributed by atoms with van der Waals surface area (Å²) in [6.45, 7) is 0.891. The summed E-state index contributed by atoms with van der Waals surface area (Å²) in [4.78, 5) is 34.3. The average Bonchev–Trinajstić information content (AvgIpc) is 2.68. The highest BCUT2D eigenvalue weighted by Crippen LogP contribution is 2.16. The average molecular weight is 393 g/mol. The largest absolute Gasteiger partial charge is 0.491 e. The Kier molecular flexibility index (Phi) is 7.29. The Morgan fingerprint density at radius 2 is 1.86 bits per heavy atom. The van der Waals surface area contributed by atoms with E-state index < -0.39 is 28.0 Å². The lowest BCUT2D eigenvalue weighted by atomic mass is 10.3. The first-order chi connectivity index (χ1) is 13.3. The third kappa shape index (κ3) is 5.18. The third-order valence-corrected chi connectivity index (χ3v) is 3.98. The molecular weight excluding hydrogens is 370 g/mol. The predicted molar refractivity (Wildman–Crippen MR) is 103 cm³/mol. The topological polar surface area (TPSA) is 141 Å². The van der Waals surface area contributed by atoms with Gasteiger partial charge in [-0.05, 0) is 12.1 Å². The molecular formula is C17H23N5O6. The van der Waals surface area contributed by atoms with E-state index in [0.29, 0.717) is 16.9 Å². The zero-order chi connectivity index (χ0) is 20.7. The molecule has 0 amide bonds. The summed E-state index contributed by atoms with van der Waals surface area (Å²) >= 11 is 0. The number of hydrogen-bond acceptors (Lipinski definition) is 8. The van der Waals surface area contributed by atoms with Crippen molar-refractivity contribution in [1.29, 1.82) is 0 Å². The molecule has 2 aromatic rings. The summed E-state index contributed by atoms with van der Waals surface area (Å²) in [5, 5.41) is 26.8. The number of ether oxygens (including phenoxy) is 1. The highest BCUT2D eigenvalue weighted by Gasteiger charge is 2.25. The first-order valence-corrected chi connectivity index (χ1v) is 8.57. The molecule has 0 saturated heterocycles. The second kappa shape index (κ2) is 9.67. The summed E-state index contributed by atoms with van der Waals surface area (Å²) in [7, 11) is 2.52. The van der Waals surface area contributed by atoms with Gasteiger partial charge in [-0.1, -0.05) is 18.2 Å². The fourth-order valence-corrected chi connectivity index (χ4v) is 2.50. The number of nitrogens with zero attached hydrogens (tertiary/aromatic N) is 3. The van der Waals surface area contributed by atoms with Crippen molar-refractivity contribution >= 4 is 11.5 Å². The van der Waals surface area contributed by atoms with Crippen LogP contribution < -0.4 is 26.6 Å². The Labute approximate surface area is 160 Å². The summed E-state index contributed by atoms with van der Waals surface area (Å²) in [5.74, 6) is 0.495. The van der Waals surface area contributed by atoms with Crippen molar-refractivity contribution in [2.75, 3.05) is 31.6 Å². The lowest BCUT2D eigenvalue weighted by Gasteiger charge is -2.15. The monoisotopic (exact) mass is 393 g/mol. The Bertz CT molecular complexity index is 924. The number of nitro groups is 1. The van der Waals surface area contributed by atoms with Gasteiger partial charge in [-0.15, -0.1) is 0 Å². The van der Waals surface area contributed by atoms with E-state index in [-0.39, 0.29) is 25.5 Å². The van der Waals surface area contributed by atoms with Crippen LogP contribution in [0.2, 0.25) is 0 Å². The molecule has 0 aliphatic carbocycles. The van der Waals surface area contributed by atoms with Gasteiger partial charge in [0.2, 0.25) is 0 Å². The summed E-state index contributed by atoms with van der Waals surface area (Å²) in [6, 6.07) is 9.08. The van der Waals surface area contributed by atoms with Gasteiger partial charge < -0.3 is 20.5 Å². The van der Waals surface area contributed by atoms with Crippen molar-refractivity contribution in [3.05, 3.63) is 61.3 Å². The molecule has 0 bridgehead atoms. The molecule has 28 heavy (non-hydrogen) atoms. The van der Waals surface area contributed by atoms with Crippen LogP contribution in [-0.2, 0) is 14.1 Å². The Hall–Kier alpha value is -3.18. The number of hydrogen-bond donors (Lipinski definition) is 3. The normalized spacial score (nSPS) is 11.8. The molecule has 0 saturated carbocycles. The van der Waals surface area contributed by atoms with Gasteiger partial charge in [-0.2, -0.15) is 0 Å². The first-order valence-electron chi connectivity index (χ1n) is 8.57. The van der Waals surface area contributed by atoms with Gasteiger partial charge in [0.1, 0.15) is 18.5 Å². The van der Waals surface area contributed by atoms with E-state index in [0.717, 1.165) is 4.57 Å². The molecule has 0 radical (unpaired) electrons. The van der Waals surface area contributed by atoms with E-state index in [1.807, 2.05) is 18.2 Å². The van der Waals surface area contributed by atoms with E-state index in [2.05, 4.69) is 10.6 Å². The van der Waals surface area contributed by atoms with E-state index in [4.69, 9.17) is 4.74 Å². The minimum absolute atomic E-state index is 0.110. The number of anilines is 1.